The van der Waals surface area contributed by atoms with Crippen molar-refractivity contribution < 1.29 is 4.79 Å². The molecule has 1 aliphatic carbocycles. The van der Waals surface area contributed by atoms with Crippen molar-refractivity contribution in [2.45, 2.75) is 31.2 Å². The molecule has 8 nitrogen and oxygen atoms in total. The Morgan fingerprint density at radius 1 is 1.12 bits per heavy atom. The summed E-state index contributed by atoms with van der Waals surface area (Å²) in [5.41, 5.74) is 9.47. The van der Waals surface area contributed by atoms with Gasteiger partial charge in [0, 0.05) is 24.5 Å². The highest BCUT2D eigenvalue weighted by atomic mass is 16.2. The van der Waals surface area contributed by atoms with Gasteiger partial charge in [-0.05, 0) is 42.2 Å². The van der Waals surface area contributed by atoms with Crippen LogP contribution in [0.4, 0.5) is 11.5 Å². The molecule has 1 fully saturated rings. The normalized spacial score (nSPS) is 16.6. The molecule has 4 aromatic rings. The number of rotatable bonds is 3. The zero-order valence-corrected chi connectivity index (χ0v) is 17.6. The molecule has 2 aromatic heterocycles. The van der Waals surface area contributed by atoms with E-state index < -0.39 is 5.41 Å². The molecule has 1 aliphatic heterocycles. The summed E-state index contributed by atoms with van der Waals surface area (Å²) < 4.78 is 1.74. The molecule has 3 heterocycles. The molecule has 6 rings (SSSR count). The second-order valence-corrected chi connectivity index (χ2v) is 8.56. The summed E-state index contributed by atoms with van der Waals surface area (Å²) in [6, 6.07) is 13.6. The number of benzene rings is 2. The molecule has 2 aromatic carbocycles. The van der Waals surface area contributed by atoms with Crippen molar-refractivity contribution in [1.82, 2.24) is 20.0 Å². The zero-order valence-electron chi connectivity index (χ0n) is 17.6. The fourth-order valence-corrected chi connectivity index (χ4v) is 5.18. The van der Waals surface area contributed by atoms with Crippen LogP contribution in [0.2, 0.25) is 0 Å². The van der Waals surface area contributed by atoms with E-state index >= 15 is 0 Å². The van der Waals surface area contributed by atoms with E-state index in [1.165, 1.54) is 0 Å². The van der Waals surface area contributed by atoms with Gasteiger partial charge in [0.25, 0.3) is 5.56 Å². The van der Waals surface area contributed by atoms with Crippen molar-refractivity contribution in [3.63, 3.8) is 0 Å². The summed E-state index contributed by atoms with van der Waals surface area (Å²) in [7, 11) is 1.85. The standard InChI is InChI=1S/C24H22N6O2/c1-29-22(30-20-6-3-2-5-18(20)24(23(30)32)9-4-10-24)17(13-26-29)14-7-8-15-16(11-14)19(12-25)27-28-21(15)31/h2-3,5-8,11,13H,4,9-10,12,25H2,1H3,(H,28,31). The number of hydrogen-bond donors (Lipinski definition) is 2. The van der Waals surface area contributed by atoms with Crippen molar-refractivity contribution in [3.8, 4) is 11.1 Å². The van der Waals surface area contributed by atoms with Gasteiger partial charge in [0.2, 0.25) is 5.91 Å². The van der Waals surface area contributed by atoms with Crippen LogP contribution in [0.25, 0.3) is 21.9 Å². The van der Waals surface area contributed by atoms with Crippen molar-refractivity contribution in [3.05, 3.63) is 70.3 Å². The van der Waals surface area contributed by atoms with Gasteiger partial charge < -0.3 is 5.73 Å². The third kappa shape index (κ3) is 2.35. The number of aromatic nitrogens is 4. The lowest BCUT2D eigenvalue weighted by Gasteiger charge is -2.37. The minimum Gasteiger partial charge on any atom is -0.325 e. The number of para-hydroxylation sites is 1. The molecular formula is C24H22N6O2. The van der Waals surface area contributed by atoms with Gasteiger partial charge in [0.15, 0.2) is 0 Å². The van der Waals surface area contributed by atoms with Gasteiger partial charge in [-0.15, -0.1) is 0 Å². The Balaban J connectivity index is 1.56. The van der Waals surface area contributed by atoms with Gasteiger partial charge in [0.1, 0.15) is 5.82 Å². The summed E-state index contributed by atoms with van der Waals surface area (Å²) >= 11 is 0. The highest BCUT2D eigenvalue weighted by molar-refractivity contribution is 6.14. The average Bonchev–Trinajstić information content (AvgIpc) is 3.27. The first-order valence-electron chi connectivity index (χ1n) is 10.7. The molecule has 2 aliphatic rings. The Morgan fingerprint density at radius 2 is 1.94 bits per heavy atom. The SMILES string of the molecule is Cn1ncc(-c2ccc3c(=O)[nH]nc(CN)c3c2)c1N1C(=O)C2(CCC2)c2ccccc21. The maximum absolute atomic E-state index is 13.8. The van der Waals surface area contributed by atoms with Crippen LogP contribution in [0.15, 0.2) is 53.5 Å². The molecule has 1 amide bonds. The number of nitrogens with zero attached hydrogens (tertiary/aromatic N) is 4. The van der Waals surface area contributed by atoms with Crippen molar-refractivity contribution in [2.75, 3.05) is 4.90 Å². The third-order valence-electron chi connectivity index (χ3n) is 6.97. The lowest BCUT2D eigenvalue weighted by atomic mass is 9.65. The van der Waals surface area contributed by atoms with E-state index in [4.69, 9.17) is 5.73 Å². The van der Waals surface area contributed by atoms with Crippen molar-refractivity contribution >= 4 is 28.2 Å². The number of nitrogens with two attached hydrogens (primary N) is 1. The quantitative estimate of drug-likeness (QED) is 0.523. The number of H-pyrrole nitrogens is 1. The predicted octanol–water partition coefficient (Wildman–Crippen LogP) is 2.88. The van der Waals surface area contributed by atoms with Gasteiger partial charge in [-0.25, -0.2) is 5.10 Å². The first-order chi connectivity index (χ1) is 15.5. The number of aromatic amines is 1. The van der Waals surface area contributed by atoms with Crippen LogP contribution in [0.5, 0.6) is 0 Å². The summed E-state index contributed by atoms with van der Waals surface area (Å²) in [6.45, 7) is 0.205. The minimum atomic E-state index is -0.425. The summed E-state index contributed by atoms with van der Waals surface area (Å²) in [4.78, 5) is 27.8. The lowest BCUT2D eigenvalue weighted by molar-refractivity contribution is -0.125. The van der Waals surface area contributed by atoms with Crippen LogP contribution in [-0.2, 0) is 23.8 Å². The summed E-state index contributed by atoms with van der Waals surface area (Å²) in [5.74, 6) is 0.828. The number of anilines is 2. The van der Waals surface area contributed by atoms with Crippen LogP contribution in [-0.4, -0.2) is 25.9 Å². The van der Waals surface area contributed by atoms with E-state index in [0.717, 1.165) is 47.5 Å². The van der Waals surface area contributed by atoms with E-state index in [1.54, 1.807) is 16.9 Å². The van der Waals surface area contributed by atoms with Crippen LogP contribution < -0.4 is 16.2 Å². The highest BCUT2D eigenvalue weighted by Gasteiger charge is 2.55. The molecule has 0 unspecified atom stereocenters. The second kappa shape index (κ2) is 6.61. The second-order valence-electron chi connectivity index (χ2n) is 8.56. The number of carbonyl (C=O) groups excluding carboxylic acids is 1. The number of fused-ring (bicyclic) bond motifs is 3. The van der Waals surface area contributed by atoms with Crippen LogP contribution in [0, 0.1) is 0 Å². The average molecular weight is 426 g/mol. The first-order valence-corrected chi connectivity index (χ1v) is 10.7. The summed E-state index contributed by atoms with van der Waals surface area (Å²) in [5, 5.41) is 12.3. The molecule has 160 valence electrons. The Hall–Kier alpha value is -3.78. The molecule has 3 N–H and O–H groups in total. The van der Waals surface area contributed by atoms with Gasteiger partial charge in [-0.3, -0.25) is 19.2 Å². The van der Waals surface area contributed by atoms with Gasteiger partial charge >= 0.3 is 0 Å². The van der Waals surface area contributed by atoms with Gasteiger partial charge in [-0.2, -0.15) is 10.2 Å². The van der Waals surface area contributed by atoms with Crippen LogP contribution >= 0.6 is 0 Å². The summed E-state index contributed by atoms with van der Waals surface area (Å²) in [6.07, 6.45) is 4.56. The van der Waals surface area contributed by atoms with Crippen LogP contribution in [0.1, 0.15) is 30.5 Å². The maximum atomic E-state index is 13.8. The minimum absolute atomic E-state index is 0.108. The number of amides is 1. The Morgan fingerprint density at radius 3 is 2.69 bits per heavy atom. The highest BCUT2D eigenvalue weighted by Crippen LogP contribution is 2.56. The number of carbonyl (C=O) groups is 1. The fourth-order valence-electron chi connectivity index (χ4n) is 5.18. The maximum Gasteiger partial charge on any atom is 0.272 e. The molecule has 8 heteroatoms. The molecule has 0 bridgehead atoms. The van der Waals surface area contributed by atoms with Crippen LogP contribution in [0.3, 0.4) is 0 Å². The number of aryl methyl sites for hydroxylation is 1. The van der Waals surface area contributed by atoms with Gasteiger partial charge in [0.05, 0.1) is 28.4 Å². The molecule has 0 saturated heterocycles. The molecule has 1 spiro atoms. The van der Waals surface area contributed by atoms with Crippen molar-refractivity contribution in [2.24, 2.45) is 12.8 Å². The Bertz CT molecular complexity index is 1460. The predicted molar refractivity (Wildman–Crippen MR) is 122 cm³/mol. The van der Waals surface area contributed by atoms with E-state index in [2.05, 4.69) is 21.4 Å². The largest absolute Gasteiger partial charge is 0.325 e. The molecule has 32 heavy (non-hydrogen) atoms. The smallest absolute Gasteiger partial charge is 0.272 e. The number of hydrogen-bond acceptors (Lipinski definition) is 5. The monoisotopic (exact) mass is 426 g/mol. The Labute approximate surface area is 183 Å². The Kier molecular flexibility index (Phi) is 3.91. The topological polar surface area (TPSA) is 110 Å². The molecule has 0 radical (unpaired) electrons. The van der Waals surface area contributed by atoms with E-state index in [9.17, 15) is 9.59 Å². The van der Waals surface area contributed by atoms with E-state index in [-0.39, 0.29) is 18.0 Å². The molecule has 0 atom stereocenters. The van der Waals surface area contributed by atoms with Gasteiger partial charge in [-0.1, -0.05) is 30.7 Å². The molecular weight excluding hydrogens is 404 g/mol. The van der Waals surface area contributed by atoms with E-state index in [1.807, 2.05) is 42.3 Å². The number of nitrogens with one attached hydrogen (secondary N) is 1. The first kappa shape index (κ1) is 18.9. The lowest BCUT2D eigenvalue weighted by Crippen LogP contribution is -2.44. The molecule has 1 saturated carbocycles. The third-order valence-corrected chi connectivity index (χ3v) is 6.97. The fraction of sp³-hybridized carbons (Fsp3) is 0.250. The zero-order chi connectivity index (χ0) is 22.0. The van der Waals surface area contributed by atoms with E-state index in [0.29, 0.717) is 16.5 Å². The van der Waals surface area contributed by atoms with Crippen molar-refractivity contribution in [1.29, 1.82) is 0 Å².